The number of nitro groups is 1. The van der Waals surface area contributed by atoms with Gasteiger partial charge in [0.15, 0.2) is 0 Å². The number of pyridine rings is 1. The Kier molecular flexibility index (Phi) is 6.16. The average molecular weight is 491 g/mol. The molecule has 0 spiro atoms. The van der Waals surface area contributed by atoms with Crippen molar-refractivity contribution >= 4 is 62.2 Å². The van der Waals surface area contributed by atoms with Crippen LogP contribution in [0.15, 0.2) is 22.2 Å². The molecule has 2 heterocycles. The molecular formula is C13H16BrN4O2SSn. The van der Waals surface area contributed by atoms with Crippen molar-refractivity contribution in [2.24, 2.45) is 0 Å². The summed E-state index contributed by atoms with van der Waals surface area (Å²) in [5.74, 6) is 0.469. The van der Waals surface area contributed by atoms with Crippen LogP contribution in [0.5, 0.6) is 0 Å². The number of aromatic nitrogens is 2. The van der Waals surface area contributed by atoms with Crippen molar-refractivity contribution in [2.45, 2.75) is 23.3 Å². The summed E-state index contributed by atoms with van der Waals surface area (Å²) in [5, 5.41) is 11.3. The summed E-state index contributed by atoms with van der Waals surface area (Å²) in [7, 11) is 0. The van der Waals surface area contributed by atoms with Gasteiger partial charge >= 0.3 is 149 Å². The molecule has 0 aliphatic rings. The van der Waals surface area contributed by atoms with E-state index in [1.54, 1.807) is 12.3 Å². The third kappa shape index (κ3) is 4.17. The molecule has 9 heteroatoms. The average Bonchev–Trinajstić information content (AvgIpc) is 2.89. The number of hydrogen-bond acceptors (Lipinski definition) is 6. The molecule has 0 saturated carbocycles. The van der Waals surface area contributed by atoms with Gasteiger partial charge in [-0.15, -0.1) is 0 Å². The van der Waals surface area contributed by atoms with E-state index in [0.717, 1.165) is 12.5 Å². The van der Waals surface area contributed by atoms with E-state index >= 15 is 0 Å². The Morgan fingerprint density at radius 2 is 2.18 bits per heavy atom. The van der Waals surface area contributed by atoms with Crippen LogP contribution in [0.3, 0.4) is 0 Å². The molecule has 6 nitrogen and oxygen atoms in total. The zero-order chi connectivity index (χ0) is 16.3. The Morgan fingerprint density at radius 3 is 2.68 bits per heavy atom. The number of thiazole rings is 1. The van der Waals surface area contributed by atoms with Crippen molar-refractivity contribution in [3.63, 3.8) is 0 Å². The van der Waals surface area contributed by atoms with E-state index in [0.29, 0.717) is 18.9 Å². The van der Waals surface area contributed by atoms with E-state index in [4.69, 9.17) is 0 Å². The molecule has 0 unspecified atom stereocenters. The molecule has 117 valence electrons. The van der Waals surface area contributed by atoms with Gasteiger partial charge in [0.25, 0.3) is 0 Å². The van der Waals surface area contributed by atoms with E-state index in [-0.39, 0.29) is 10.6 Å². The molecule has 0 atom stereocenters. The van der Waals surface area contributed by atoms with E-state index in [9.17, 15) is 10.1 Å². The monoisotopic (exact) mass is 491 g/mol. The van der Waals surface area contributed by atoms with Crippen molar-refractivity contribution in [3.8, 4) is 0 Å². The molecule has 0 aliphatic heterocycles. The molecule has 0 aromatic carbocycles. The molecule has 0 aliphatic carbocycles. The van der Waals surface area contributed by atoms with Crippen molar-refractivity contribution in [1.29, 1.82) is 0 Å². The van der Waals surface area contributed by atoms with E-state index in [2.05, 4.69) is 35.8 Å². The van der Waals surface area contributed by atoms with Crippen LogP contribution in [0.4, 0.5) is 11.5 Å². The van der Waals surface area contributed by atoms with E-state index in [1.165, 1.54) is 11.3 Å². The maximum atomic E-state index is 11.3. The minimum atomic E-state index is -1.68. The Bertz CT molecular complexity index is 680. The van der Waals surface area contributed by atoms with Gasteiger partial charge in [-0.3, -0.25) is 0 Å². The van der Waals surface area contributed by atoms with Crippen LogP contribution in [-0.2, 0) is 6.54 Å². The molecule has 0 fully saturated rings. The Morgan fingerprint density at radius 1 is 1.45 bits per heavy atom. The molecule has 0 N–H and O–H groups in total. The molecule has 0 amide bonds. The van der Waals surface area contributed by atoms with Crippen LogP contribution in [0.1, 0.15) is 11.8 Å². The maximum absolute atomic E-state index is 11.3. The predicted octanol–water partition coefficient (Wildman–Crippen LogP) is 3.20. The van der Waals surface area contributed by atoms with Gasteiger partial charge in [-0.2, -0.15) is 0 Å². The SMILES string of the molecule is CCN(Cc1cnc(Br)s1)c1n[c]([Sn]([CH3])[CH3])ccc1[N+](=O)[O-]. The van der Waals surface area contributed by atoms with E-state index in [1.807, 2.05) is 17.9 Å². The summed E-state index contributed by atoms with van der Waals surface area (Å²) < 4.78 is 1.86. The second-order valence-electron chi connectivity index (χ2n) is 4.89. The summed E-state index contributed by atoms with van der Waals surface area (Å²) in [6.45, 7) is 3.20. The summed E-state index contributed by atoms with van der Waals surface area (Å²) in [6, 6.07) is 3.41. The van der Waals surface area contributed by atoms with Crippen LogP contribution in [0.2, 0.25) is 9.88 Å². The molecule has 2 rings (SSSR count). The van der Waals surface area contributed by atoms with Crippen LogP contribution < -0.4 is 8.61 Å². The van der Waals surface area contributed by atoms with Gasteiger partial charge < -0.3 is 0 Å². The molecular weight excluding hydrogens is 475 g/mol. The summed E-state index contributed by atoms with van der Waals surface area (Å²) >= 11 is 3.19. The van der Waals surface area contributed by atoms with Crippen LogP contribution in [-0.4, -0.2) is 41.2 Å². The third-order valence-corrected chi connectivity index (χ3v) is 8.30. The first-order valence-corrected chi connectivity index (χ1v) is 15.5. The van der Waals surface area contributed by atoms with Gasteiger partial charge in [-0.05, 0) is 0 Å². The Labute approximate surface area is 148 Å². The van der Waals surface area contributed by atoms with Crippen molar-refractivity contribution in [3.05, 3.63) is 37.2 Å². The van der Waals surface area contributed by atoms with Gasteiger partial charge in [0.1, 0.15) is 0 Å². The Balaban J connectivity index is 2.41. The topological polar surface area (TPSA) is 72.2 Å². The first-order chi connectivity index (χ1) is 10.4. The fourth-order valence-electron chi connectivity index (χ4n) is 1.98. The van der Waals surface area contributed by atoms with Gasteiger partial charge in [-0.1, -0.05) is 0 Å². The quantitative estimate of drug-likeness (QED) is 0.353. The molecule has 2 aromatic heterocycles. The summed E-state index contributed by atoms with van der Waals surface area (Å²) in [4.78, 5) is 27.2. The van der Waals surface area contributed by atoms with Gasteiger partial charge in [0, 0.05) is 0 Å². The van der Waals surface area contributed by atoms with Gasteiger partial charge in [0.05, 0.1) is 0 Å². The van der Waals surface area contributed by atoms with Crippen LogP contribution >= 0.6 is 27.3 Å². The minimum absolute atomic E-state index is 0.0683. The molecule has 1 radical (unpaired) electrons. The van der Waals surface area contributed by atoms with Crippen LogP contribution in [0.25, 0.3) is 0 Å². The number of hydrogen-bond donors (Lipinski definition) is 0. The van der Waals surface area contributed by atoms with Crippen molar-refractivity contribution in [1.82, 2.24) is 9.97 Å². The van der Waals surface area contributed by atoms with Crippen LogP contribution in [0, 0.1) is 10.1 Å². The predicted molar refractivity (Wildman–Crippen MR) is 94.5 cm³/mol. The number of halogens is 1. The second-order valence-corrected chi connectivity index (χ2v) is 14.5. The fraction of sp³-hybridized carbons (Fsp3) is 0.385. The number of anilines is 1. The standard InChI is InChI=1S/C11H10BrN4O2S.2CH3.Sn/c1-2-15(7-8-6-14-11(12)19-8)10-9(16(17)18)4-3-5-13-10;;;/h3-4,6H,2,7H2,1H3;2*1H3;. The fourth-order valence-corrected chi connectivity index (χ4v) is 5.48. The normalized spacial score (nSPS) is 11.0. The zero-order valence-electron chi connectivity index (χ0n) is 12.5. The molecule has 0 bridgehead atoms. The first-order valence-electron chi connectivity index (χ1n) is 6.73. The van der Waals surface area contributed by atoms with Gasteiger partial charge in [-0.25, -0.2) is 0 Å². The third-order valence-electron chi connectivity index (χ3n) is 3.12. The molecule has 0 saturated heterocycles. The van der Waals surface area contributed by atoms with Crippen molar-refractivity contribution < 1.29 is 4.92 Å². The summed E-state index contributed by atoms with van der Waals surface area (Å²) in [6.07, 6.45) is 1.79. The van der Waals surface area contributed by atoms with E-state index < -0.39 is 19.8 Å². The number of nitrogens with zero attached hydrogens (tertiary/aromatic N) is 4. The number of rotatable bonds is 6. The second kappa shape index (κ2) is 7.69. The molecule has 2 aromatic rings. The Hall–Kier alpha value is -0.741. The molecule has 22 heavy (non-hydrogen) atoms. The zero-order valence-corrected chi connectivity index (χ0v) is 17.8. The van der Waals surface area contributed by atoms with Gasteiger partial charge in [0.2, 0.25) is 0 Å². The first kappa shape index (κ1) is 17.6. The van der Waals surface area contributed by atoms with Crippen molar-refractivity contribution in [2.75, 3.05) is 11.4 Å². The summed E-state index contributed by atoms with van der Waals surface area (Å²) in [5.41, 5.74) is 0.0683.